The van der Waals surface area contributed by atoms with E-state index in [1.807, 2.05) is 0 Å². The molecule has 3 heterocycles. The molecule has 1 aliphatic carbocycles. The summed E-state index contributed by atoms with van der Waals surface area (Å²) in [5, 5.41) is 6.80. The molecule has 3 atom stereocenters. The molecule has 0 aromatic carbocycles. The van der Waals surface area contributed by atoms with Crippen LogP contribution in [-0.4, -0.2) is 52.1 Å². The second kappa shape index (κ2) is 6.06. The lowest BCUT2D eigenvalue weighted by atomic mass is 9.96. The summed E-state index contributed by atoms with van der Waals surface area (Å²) in [7, 11) is -3.55. The molecule has 2 fully saturated rings. The molecular formula is C16H21N5O3S. The van der Waals surface area contributed by atoms with Crippen LogP contribution in [0, 0.1) is 25.7 Å². The molecule has 2 aromatic rings. The van der Waals surface area contributed by atoms with E-state index < -0.39 is 10.0 Å². The van der Waals surface area contributed by atoms with E-state index >= 15 is 0 Å². The van der Waals surface area contributed by atoms with E-state index in [-0.39, 0.29) is 17.9 Å². The molecule has 9 heteroatoms. The minimum Gasteiger partial charge on any atom is -0.473 e. The predicted molar refractivity (Wildman–Crippen MR) is 89.5 cm³/mol. The number of ether oxygens (including phenoxy) is 1. The molecule has 1 saturated heterocycles. The van der Waals surface area contributed by atoms with E-state index in [1.54, 1.807) is 36.7 Å². The van der Waals surface area contributed by atoms with Gasteiger partial charge in [0.05, 0.1) is 17.6 Å². The first-order valence-corrected chi connectivity index (χ1v) is 9.85. The van der Waals surface area contributed by atoms with Gasteiger partial charge in [-0.25, -0.2) is 13.4 Å². The van der Waals surface area contributed by atoms with Crippen LogP contribution in [0.5, 0.6) is 5.88 Å². The number of hydrogen-bond acceptors (Lipinski definition) is 6. The largest absolute Gasteiger partial charge is 0.473 e. The van der Waals surface area contributed by atoms with Gasteiger partial charge >= 0.3 is 0 Å². The van der Waals surface area contributed by atoms with Crippen LogP contribution in [0.25, 0.3) is 0 Å². The molecule has 8 nitrogen and oxygen atoms in total. The highest BCUT2D eigenvalue weighted by atomic mass is 32.2. The second-order valence-corrected chi connectivity index (χ2v) is 8.68. The maximum absolute atomic E-state index is 13.1. The summed E-state index contributed by atoms with van der Waals surface area (Å²) in [6.07, 6.45) is 6.72. The van der Waals surface area contributed by atoms with Crippen LogP contribution in [0.1, 0.15) is 24.2 Å². The van der Waals surface area contributed by atoms with Crippen LogP contribution >= 0.6 is 0 Å². The highest BCUT2D eigenvalue weighted by molar-refractivity contribution is 7.89. The molecule has 0 spiro atoms. The molecule has 0 radical (unpaired) electrons. The summed E-state index contributed by atoms with van der Waals surface area (Å²) in [5.41, 5.74) is 1.10. The summed E-state index contributed by atoms with van der Waals surface area (Å²) >= 11 is 0. The quantitative estimate of drug-likeness (QED) is 0.878. The molecule has 1 aliphatic heterocycles. The van der Waals surface area contributed by atoms with E-state index in [4.69, 9.17) is 4.74 Å². The Balaban J connectivity index is 1.55. The Morgan fingerprint density at radius 1 is 1.20 bits per heavy atom. The third-order valence-corrected chi connectivity index (χ3v) is 7.26. The van der Waals surface area contributed by atoms with Gasteiger partial charge in [-0.05, 0) is 26.7 Å². The summed E-state index contributed by atoms with van der Waals surface area (Å²) < 4.78 is 33.8. The number of nitrogens with one attached hydrogen (secondary N) is 1. The highest BCUT2D eigenvalue weighted by Gasteiger charge is 2.47. The first kappa shape index (κ1) is 16.5. The average molecular weight is 363 g/mol. The van der Waals surface area contributed by atoms with Crippen molar-refractivity contribution < 1.29 is 13.2 Å². The normalized spacial score (nSPS) is 26.7. The Morgan fingerprint density at radius 3 is 2.48 bits per heavy atom. The molecule has 2 aliphatic rings. The standard InChI is InChI=1S/C16H21N5O3S/c1-10-16(11(2)20-19-10)25(22,23)21-8-12-3-4-13(9-21)15(12)24-14-7-17-5-6-18-14/h5-7,12-13,15H,3-4,8-9H2,1-2H3,(H,19,20)/t12-,13+,15+. The molecule has 25 heavy (non-hydrogen) atoms. The van der Waals surface area contributed by atoms with Gasteiger partial charge in [0.1, 0.15) is 11.0 Å². The van der Waals surface area contributed by atoms with Gasteiger partial charge in [0.25, 0.3) is 0 Å². The van der Waals surface area contributed by atoms with Crippen molar-refractivity contribution in [3.63, 3.8) is 0 Å². The fourth-order valence-corrected chi connectivity index (χ4v) is 5.94. The van der Waals surface area contributed by atoms with E-state index in [2.05, 4.69) is 20.2 Å². The van der Waals surface area contributed by atoms with Gasteiger partial charge in [-0.1, -0.05) is 0 Å². The topological polar surface area (TPSA) is 101 Å². The van der Waals surface area contributed by atoms with Gasteiger partial charge in [0.2, 0.25) is 15.9 Å². The molecule has 1 saturated carbocycles. The first-order valence-electron chi connectivity index (χ1n) is 8.41. The molecule has 0 amide bonds. The Kier molecular flexibility index (Phi) is 3.99. The van der Waals surface area contributed by atoms with Crippen LogP contribution in [0.4, 0.5) is 0 Å². The first-order chi connectivity index (χ1) is 12.0. The Hall–Kier alpha value is -2.00. The summed E-state index contributed by atoms with van der Waals surface area (Å²) in [6, 6.07) is 0. The molecule has 0 unspecified atom stereocenters. The van der Waals surface area contributed by atoms with Crippen LogP contribution < -0.4 is 4.74 Å². The van der Waals surface area contributed by atoms with Crippen molar-refractivity contribution >= 4 is 10.0 Å². The molecule has 4 rings (SSSR count). The minimum absolute atomic E-state index is 0.00491. The Labute approximate surface area is 146 Å². The minimum atomic E-state index is -3.55. The van der Waals surface area contributed by atoms with Gasteiger partial charge < -0.3 is 4.74 Å². The molecule has 1 N–H and O–H groups in total. The van der Waals surface area contributed by atoms with Gasteiger partial charge in [-0.15, -0.1) is 0 Å². The van der Waals surface area contributed by atoms with E-state index in [0.717, 1.165) is 12.8 Å². The molecule has 134 valence electrons. The lowest BCUT2D eigenvalue weighted by Gasteiger charge is -2.36. The molecule has 2 aromatic heterocycles. The Morgan fingerprint density at radius 2 is 1.92 bits per heavy atom. The van der Waals surface area contributed by atoms with Crippen LogP contribution in [-0.2, 0) is 10.0 Å². The number of sulfonamides is 1. The average Bonchev–Trinajstić information content (AvgIpc) is 3.03. The van der Waals surface area contributed by atoms with Crippen molar-refractivity contribution in [3.8, 4) is 5.88 Å². The number of rotatable bonds is 4. The number of piperidine rings is 1. The number of fused-ring (bicyclic) bond motifs is 2. The second-order valence-electron chi connectivity index (χ2n) is 6.81. The molecule has 2 bridgehead atoms. The number of nitrogens with zero attached hydrogens (tertiary/aromatic N) is 4. The van der Waals surface area contributed by atoms with Crippen LogP contribution in [0.2, 0.25) is 0 Å². The van der Waals surface area contributed by atoms with Gasteiger partial charge in [-0.3, -0.25) is 10.1 Å². The highest BCUT2D eigenvalue weighted by Crippen LogP contribution is 2.41. The zero-order chi connectivity index (χ0) is 17.6. The number of aryl methyl sites for hydroxylation is 2. The van der Waals surface area contributed by atoms with Crippen molar-refractivity contribution in [2.24, 2.45) is 11.8 Å². The van der Waals surface area contributed by atoms with Gasteiger partial charge in [0.15, 0.2) is 0 Å². The van der Waals surface area contributed by atoms with E-state index in [0.29, 0.717) is 35.3 Å². The third-order valence-electron chi connectivity index (χ3n) is 5.17. The number of H-pyrrole nitrogens is 1. The van der Waals surface area contributed by atoms with Crippen molar-refractivity contribution in [2.45, 2.75) is 37.7 Å². The van der Waals surface area contributed by atoms with Crippen molar-refractivity contribution in [1.82, 2.24) is 24.5 Å². The summed E-state index contributed by atoms with van der Waals surface area (Å²) in [4.78, 5) is 8.50. The summed E-state index contributed by atoms with van der Waals surface area (Å²) in [6.45, 7) is 4.39. The predicted octanol–water partition coefficient (Wildman–Crippen LogP) is 1.29. The van der Waals surface area contributed by atoms with Crippen LogP contribution in [0.15, 0.2) is 23.5 Å². The maximum Gasteiger partial charge on any atom is 0.246 e. The fraction of sp³-hybridized carbons (Fsp3) is 0.562. The zero-order valence-electron chi connectivity index (χ0n) is 14.2. The fourth-order valence-electron chi connectivity index (χ4n) is 4.05. The molecular weight excluding hydrogens is 342 g/mol. The van der Waals surface area contributed by atoms with Crippen molar-refractivity contribution in [2.75, 3.05) is 13.1 Å². The van der Waals surface area contributed by atoms with Gasteiger partial charge in [-0.2, -0.15) is 9.40 Å². The summed E-state index contributed by atoms with van der Waals surface area (Å²) in [5.74, 6) is 0.841. The monoisotopic (exact) mass is 363 g/mol. The number of aromatic amines is 1. The number of hydrogen-bond donors (Lipinski definition) is 1. The van der Waals surface area contributed by atoms with Gasteiger partial charge in [0, 0.05) is 37.3 Å². The van der Waals surface area contributed by atoms with Crippen molar-refractivity contribution in [3.05, 3.63) is 30.0 Å². The van der Waals surface area contributed by atoms with E-state index in [1.165, 1.54) is 0 Å². The van der Waals surface area contributed by atoms with Crippen LogP contribution in [0.3, 0.4) is 0 Å². The number of aromatic nitrogens is 4. The SMILES string of the molecule is Cc1n[nH]c(C)c1S(=O)(=O)N1C[C@H]2CC[C@@H](C1)[C@H]2Oc1cnccn1. The lowest BCUT2D eigenvalue weighted by molar-refractivity contribution is 0.0605. The smallest absolute Gasteiger partial charge is 0.246 e. The Bertz CT molecular complexity index is 834. The van der Waals surface area contributed by atoms with Crippen molar-refractivity contribution in [1.29, 1.82) is 0 Å². The zero-order valence-corrected chi connectivity index (χ0v) is 15.0. The third kappa shape index (κ3) is 2.81. The maximum atomic E-state index is 13.1. The van der Waals surface area contributed by atoms with E-state index in [9.17, 15) is 8.42 Å². The lowest BCUT2D eigenvalue weighted by Crippen LogP contribution is -2.49.